The molecule has 0 atom stereocenters. The number of sulfonamides is 1. The Morgan fingerprint density at radius 1 is 1.15 bits per heavy atom. The Kier molecular flexibility index (Phi) is 8.30. The predicted molar refractivity (Wildman–Crippen MR) is 133 cm³/mol. The number of aryl methyl sites for hydroxylation is 1. The summed E-state index contributed by atoms with van der Waals surface area (Å²) < 4.78 is 35.7. The van der Waals surface area contributed by atoms with Crippen LogP contribution in [0.1, 0.15) is 29.8 Å². The molecule has 0 fully saturated rings. The predicted octanol–water partition coefficient (Wildman–Crippen LogP) is 3.60. The van der Waals surface area contributed by atoms with Crippen LogP contribution >= 0.6 is 0 Å². The van der Waals surface area contributed by atoms with E-state index in [1.165, 1.54) is 13.2 Å². The Labute approximate surface area is 200 Å². The number of nitrogens with one attached hydrogen (secondary N) is 2. The standard InChI is InChI=1S/C24H31N5O4S/c1-5-28(6-2)13-14-29-17-20(16-25-29)26-24(30)19-12-11-18(3)23(15-19)34(31,32)27-21-9-7-8-10-22(21)33-4/h7-12,15-17,27H,5-6,13-14H2,1-4H3,(H,26,30). The molecule has 2 N–H and O–H groups in total. The normalized spacial score (nSPS) is 11.4. The van der Waals surface area contributed by atoms with Crippen LogP contribution in [0.2, 0.25) is 0 Å². The van der Waals surface area contributed by atoms with Crippen LogP contribution in [0, 0.1) is 6.92 Å². The largest absolute Gasteiger partial charge is 0.495 e. The zero-order chi connectivity index (χ0) is 24.7. The highest BCUT2D eigenvalue weighted by Gasteiger charge is 2.21. The molecule has 0 aliphatic rings. The van der Waals surface area contributed by atoms with E-state index in [4.69, 9.17) is 4.74 Å². The molecule has 0 saturated heterocycles. The van der Waals surface area contributed by atoms with Crippen LogP contribution in [0.5, 0.6) is 5.75 Å². The lowest BCUT2D eigenvalue weighted by Gasteiger charge is -2.17. The third-order valence-electron chi connectivity index (χ3n) is 5.52. The second-order valence-corrected chi connectivity index (χ2v) is 9.41. The number of rotatable bonds is 11. The summed E-state index contributed by atoms with van der Waals surface area (Å²) in [6.07, 6.45) is 3.34. The molecule has 34 heavy (non-hydrogen) atoms. The van der Waals surface area contributed by atoms with Crippen LogP contribution in [0.25, 0.3) is 0 Å². The van der Waals surface area contributed by atoms with E-state index in [0.29, 0.717) is 29.2 Å². The number of likely N-dealkylation sites (N-methyl/N-ethyl adjacent to an activating group) is 1. The van der Waals surface area contributed by atoms with Gasteiger partial charge in [-0.1, -0.05) is 32.0 Å². The van der Waals surface area contributed by atoms with E-state index in [2.05, 4.69) is 33.9 Å². The Morgan fingerprint density at radius 3 is 2.59 bits per heavy atom. The number of carbonyl (C=O) groups is 1. The molecule has 0 bridgehead atoms. The number of methoxy groups -OCH3 is 1. The Morgan fingerprint density at radius 2 is 1.88 bits per heavy atom. The van der Waals surface area contributed by atoms with Crippen molar-refractivity contribution in [2.45, 2.75) is 32.2 Å². The van der Waals surface area contributed by atoms with Gasteiger partial charge in [0.2, 0.25) is 0 Å². The summed E-state index contributed by atoms with van der Waals surface area (Å²) in [5, 5.41) is 7.08. The van der Waals surface area contributed by atoms with E-state index in [1.54, 1.807) is 60.4 Å². The van der Waals surface area contributed by atoms with Crippen LogP contribution in [0.15, 0.2) is 59.8 Å². The van der Waals surface area contributed by atoms with Crippen LogP contribution in [0.4, 0.5) is 11.4 Å². The first-order valence-corrected chi connectivity index (χ1v) is 12.6. The fourth-order valence-electron chi connectivity index (χ4n) is 3.50. The van der Waals surface area contributed by atoms with Crippen LogP contribution in [0.3, 0.4) is 0 Å². The van der Waals surface area contributed by atoms with Crippen molar-refractivity contribution in [1.29, 1.82) is 0 Å². The summed E-state index contributed by atoms with van der Waals surface area (Å²) in [4.78, 5) is 15.1. The van der Waals surface area contributed by atoms with Gasteiger partial charge in [-0.2, -0.15) is 5.10 Å². The van der Waals surface area contributed by atoms with E-state index in [0.717, 1.165) is 19.6 Å². The minimum Gasteiger partial charge on any atom is -0.495 e. The summed E-state index contributed by atoms with van der Waals surface area (Å²) in [7, 11) is -2.49. The first-order chi connectivity index (χ1) is 16.3. The molecule has 1 heterocycles. The second-order valence-electron chi connectivity index (χ2n) is 7.76. The van der Waals surface area contributed by atoms with Crippen molar-refractivity contribution in [3.05, 3.63) is 66.0 Å². The van der Waals surface area contributed by atoms with Gasteiger partial charge >= 0.3 is 0 Å². The number of hydrogen-bond donors (Lipinski definition) is 2. The number of para-hydroxylation sites is 2. The van der Waals surface area contributed by atoms with Crippen molar-refractivity contribution in [1.82, 2.24) is 14.7 Å². The molecule has 0 unspecified atom stereocenters. The molecular weight excluding hydrogens is 454 g/mol. The number of nitrogens with zero attached hydrogens (tertiary/aromatic N) is 3. The SMILES string of the molecule is CCN(CC)CCn1cc(NC(=O)c2ccc(C)c(S(=O)(=O)Nc3ccccc3OC)c2)cn1. The first kappa shape index (κ1) is 25.3. The zero-order valence-electron chi connectivity index (χ0n) is 19.9. The summed E-state index contributed by atoms with van der Waals surface area (Å²) in [5.74, 6) is -0.0207. The fraction of sp³-hybridized carbons (Fsp3) is 0.333. The molecule has 3 aromatic rings. The molecule has 0 aliphatic heterocycles. The molecule has 10 heteroatoms. The monoisotopic (exact) mass is 485 g/mol. The molecule has 0 aliphatic carbocycles. The van der Waals surface area contributed by atoms with E-state index in [-0.39, 0.29) is 10.5 Å². The van der Waals surface area contributed by atoms with Crippen molar-refractivity contribution < 1.29 is 17.9 Å². The molecule has 1 amide bonds. The Bertz CT molecular complexity index is 1240. The van der Waals surface area contributed by atoms with Gasteiger partial charge in [-0.05, 0) is 49.8 Å². The van der Waals surface area contributed by atoms with E-state index >= 15 is 0 Å². The highest BCUT2D eigenvalue weighted by Crippen LogP contribution is 2.27. The Balaban J connectivity index is 1.75. The van der Waals surface area contributed by atoms with Crippen molar-refractivity contribution in [3.8, 4) is 5.75 Å². The van der Waals surface area contributed by atoms with Crippen molar-refractivity contribution in [3.63, 3.8) is 0 Å². The molecule has 2 aromatic carbocycles. The summed E-state index contributed by atoms with van der Waals surface area (Å²) >= 11 is 0. The van der Waals surface area contributed by atoms with Gasteiger partial charge in [-0.3, -0.25) is 14.2 Å². The Hall–Kier alpha value is -3.37. The molecule has 1 aromatic heterocycles. The van der Waals surface area contributed by atoms with Gasteiger partial charge in [0.1, 0.15) is 5.75 Å². The minimum atomic E-state index is -3.95. The molecule has 9 nitrogen and oxygen atoms in total. The number of ether oxygens (including phenoxy) is 1. The van der Waals surface area contributed by atoms with E-state index < -0.39 is 15.9 Å². The van der Waals surface area contributed by atoms with Gasteiger partial charge in [0, 0.05) is 18.3 Å². The highest BCUT2D eigenvalue weighted by molar-refractivity contribution is 7.92. The molecule has 182 valence electrons. The molecule has 0 radical (unpaired) electrons. The number of aromatic nitrogens is 2. The lowest BCUT2D eigenvalue weighted by molar-refractivity contribution is 0.102. The topological polar surface area (TPSA) is 106 Å². The molecule has 0 saturated carbocycles. The van der Waals surface area contributed by atoms with Crippen molar-refractivity contribution >= 4 is 27.3 Å². The van der Waals surface area contributed by atoms with Crippen molar-refractivity contribution in [2.24, 2.45) is 0 Å². The average molecular weight is 486 g/mol. The highest BCUT2D eigenvalue weighted by atomic mass is 32.2. The number of hydrogen-bond acceptors (Lipinski definition) is 6. The smallest absolute Gasteiger partial charge is 0.262 e. The fourth-order valence-corrected chi connectivity index (χ4v) is 4.84. The molecular formula is C24H31N5O4S. The summed E-state index contributed by atoms with van der Waals surface area (Å²) in [6, 6.07) is 11.3. The number of anilines is 2. The zero-order valence-corrected chi connectivity index (χ0v) is 20.7. The number of benzene rings is 2. The summed E-state index contributed by atoms with van der Waals surface area (Å²) in [5.41, 5.74) is 1.60. The van der Waals surface area contributed by atoms with E-state index in [1.807, 2.05) is 0 Å². The van der Waals surface area contributed by atoms with Crippen LogP contribution < -0.4 is 14.8 Å². The number of amides is 1. The first-order valence-electron chi connectivity index (χ1n) is 11.1. The molecule has 3 rings (SSSR count). The third kappa shape index (κ3) is 6.15. The van der Waals surface area contributed by atoms with Crippen LogP contribution in [-0.4, -0.2) is 55.7 Å². The lowest BCUT2D eigenvalue weighted by atomic mass is 10.1. The quantitative estimate of drug-likeness (QED) is 0.430. The maximum atomic E-state index is 13.1. The van der Waals surface area contributed by atoms with Crippen LogP contribution in [-0.2, 0) is 16.6 Å². The minimum absolute atomic E-state index is 0.0148. The third-order valence-corrected chi connectivity index (χ3v) is 7.03. The van der Waals surface area contributed by atoms with Gasteiger partial charge in [0.25, 0.3) is 15.9 Å². The van der Waals surface area contributed by atoms with Gasteiger partial charge in [-0.15, -0.1) is 0 Å². The van der Waals surface area contributed by atoms with Gasteiger partial charge in [-0.25, -0.2) is 8.42 Å². The van der Waals surface area contributed by atoms with Gasteiger partial charge in [0.15, 0.2) is 0 Å². The average Bonchev–Trinajstić information content (AvgIpc) is 3.27. The van der Waals surface area contributed by atoms with Gasteiger partial charge < -0.3 is 15.0 Å². The summed E-state index contributed by atoms with van der Waals surface area (Å²) in [6.45, 7) is 9.40. The second kappa shape index (κ2) is 11.2. The maximum absolute atomic E-state index is 13.1. The van der Waals surface area contributed by atoms with Crippen molar-refractivity contribution in [2.75, 3.05) is 36.8 Å². The maximum Gasteiger partial charge on any atom is 0.262 e. The number of carbonyl (C=O) groups excluding carboxylic acids is 1. The van der Waals surface area contributed by atoms with E-state index in [9.17, 15) is 13.2 Å². The van der Waals surface area contributed by atoms with Gasteiger partial charge in [0.05, 0.1) is 36.1 Å². The lowest BCUT2D eigenvalue weighted by Crippen LogP contribution is -2.27. The molecule has 0 spiro atoms.